The van der Waals surface area contributed by atoms with Crippen molar-refractivity contribution in [1.29, 1.82) is 0 Å². The number of piperidine rings is 1. The Labute approximate surface area is 207 Å². The lowest BCUT2D eigenvalue weighted by Gasteiger charge is -2.42. The number of pyridine rings is 1. The molecule has 0 radical (unpaired) electrons. The standard InChI is InChI=1S/C26H25ClN6S/c27-23-19(7-10-30-25(23)29)34-21-15-31-20(14-32-21)33-11-8-26(9-12-33)13-17-6-5-16-3-1-2-4-18(16)22(17)24(26)28/h1-7,10,14-15,24H,8-9,11-13,28H2,(H2,29,30)/t24-/m1/s1. The molecule has 6 nitrogen and oxygen atoms in total. The summed E-state index contributed by atoms with van der Waals surface area (Å²) in [5.41, 5.74) is 15.6. The summed E-state index contributed by atoms with van der Waals surface area (Å²) >= 11 is 7.69. The summed E-state index contributed by atoms with van der Waals surface area (Å²) in [7, 11) is 0. The number of hydrogen-bond donors (Lipinski definition) is 2. The Hall–Kier alpha value is -2.87. The molecule has 0 unspecified atom stereocenters. The predicted octanol–water partition coefficient (Wildman–Crippen LogP) is 5.25. The first-order chi connectivity index (χ1) is 16.5. The number of anilines is 2. The number of nitrogens with two attached hydrogens (primary N) is 2. The van der Waals surface area contributed by atoms with Gasteiger partial charge in [-0.05, 0) is 52.6 Å². The minimum Gasteiger partial charge on any atom is -0.382 e. The van der Waals surface area contributed by atoms with Gasteiger partial charge in [-0.15, -0.1) is 0 Å². The van der Waals surface area contributed by atoms with Gasteiger partial charge in [-0.3, -0.25) is 0 Å². The van der Waals surface area contributed by atoms with Crippen LogP contribution in [0.25, 0.3) is 10.8 Å². The number of benzene rings is 2. The summed E-state index contributed by atoms with van der Waals surface area (Å²) in [4.78, 5) is 16.4. The van der Waals surface area contributed by atoms with Gasteiger partial charge in [0, 0.05) is 30.2 Å². The van der Waals surface area contributed by atoms with Crippen molar-refractivity contribution in [2.45, 2.75) is 35.2 Å². The van der Waals surface area contributed by atoms with E-state index >= 15 is 0 Å². The molecule has 2 aromatic carbocycles. The number of nitrogens with zero attached hydrogens (tertiary/aromatic N) is 4. The van der Waals surface area contributed by atoms with Crippen molar-refractivity contribution in [1.82, 2.24) is 15.0 Å². The zero-order valence-electron chi connectivity index (χ0n) is 18.6. The van der Waals surface area contributed by atoms with Crippen molar-refractivity contribution in [3.63, 3.8) is 0 Å². The first-order valence-corrected chi connectivity index (χ1v) is 12.6. The van der Waals surface area contributed by atoms with Crippen molar-refractivity contribution in [3.05, 3.63) is 77.2 Å². The maximum atomic E-state index is 6.95. The molecule has 0 bridgehead atoms. The highest BCUT2D eigenvalue weighted by molar-refractivity contribution is 7.99. The number of rotatable bonds is 3. The van der Waals surface area contributed by atoms with E-state index in [1.807, 2.05) is 12.3 Å². The van der Waals surface area contributed by atoms with E-state index in [-0.39, 0.29) is 11.5 Å². The lowest BCUT2D eigenvalue weighted by Crippen LogP contribution is -2.44. The highest BCUT2D eigenvalue weighted by atomic mass is 35.5. The molecule has 6 rings (SSSR count). The first-order valence-electron chi connectivity index (χ1n) is 11.4. The maximum Gasteiger partial charge on any atom is 0.147 e. The van der Waals surface area contributed by atoms with Crippen molar-refractivity contribution in [3.8, 4) is 0 Å². The van der Waals surface area contributed by atoms with Gasteiger partial charge in [-0.2, -0.15) is 0 Å². The molecule has 1 aliphatic carbocycles. The van der Waals surface area contributed by atoms with Crippen molar-refractivity contribution in [2.75, 3.05) is 23.7 Å². The first kappa shape index (κ1) is 21.6. The molecule has 1 fully saturated rings. The number of aromatic nitrogens is 3. The van der Waals surface area contributed by atoms with E-state index in [1.54, 1.807) is 12.4 Å². The molecular formula is C26H25ClN6S. The van der Waals surface area contributed by atoms with E-state index in [0.29, 0.717) is 10.8 Å². The summed E-state index contributed by atoms with van der Waals surface area (Å²) in [6, 6.07) is 15.0. The topological polar surface area (TPSA) is 94.0 Å². The van der Waals surface area contributed by atoms with Gasteiger partial charge in [0.2, 0.25) is 0 Å². The molecule has 0 saturated carbocycles. The molecule has 34 heavy (non-hydrogen) atoms. The second-order valence-electron chi connectivity index (χ2n) is 9.19. The number of fused-ring (bicyclic) bond motifs is 3. The third-order valence-corrected chi connectivity index (χ3v) is 8.86. The average molecular weight is 489 g/mol. The zero-order chi connectivity index (χ0) is 23.3. The fourth-order valence-corrected chi connectivity index (χ4v) is 6.47. The minimum absolute atomic E-state index is 0.0677. The Morgan fingerprint density at radius 2 is 1.82 bits per heavy atom. The van der Waals surface area contributed by atoms with E-state index in [0.717, 1.165) is 48.1 Å². The summed E-state index contributed by atoms with van der Waals surface area (Å²) in [5.74, 6) is 1.22. The van der Waals surface area contributed by atoms with Crippen LogP contribution in [0, 0.1) is 5.41 Å². The summed E-state index contributed by atoms with van der Waals surface area (Å²) < 4.78 is 0. The van der Waals surface area contributed by atoms with Crippen LogP contribution >= 0.6 is 23.4 Å². The van der Waals surface area contributed by atoms with Gasteiger partial charge in [0.25, 0.3) is 0 Å². The third kappa shape index (κ3) is 3.59. The molecule has 4 aromatic rings. The predicted molar refractivity (Wildman–Crippen MR) is 138 cm³/mol. The molecule has 1 aliphatic heterocycles. The molecule has 1 spiro atoms. The van der Waals surface area contributed by atoms with Crippen molar-refractivity contribution >= 4 is 45.8 Å². The normalized spacial score (nSPS) is 19.0. The number of hydrogen-bond acceptors (Lipinski definition) is 7. The van der Waals surface area contributed by atoms with Crippen LogP contribution < -0.4 is 16.4 Å². The van der Waals surface area contributed by atoms with Crippen LogP contribution in [0.4, 0.5) is 11.6 Å². The fourth-order valence-electron chi connectivity index (χ4n) is 5.48. The smallest absolute Gasteiger partial charge is 0.147 e. The summed E-state index contributed by atoms with van der Waals surface area (Å²) in [5, 5.41) is 3.79. The zero-order valence-corrected chi connectivity index (χ0v) is 20.2. The van der Waals surface area contributed by atoms with E-state index in [2.05, 4.69) is 56.3 Å². The molecule has 2 aromatic heterocycles. The molecule has 8 heteroatoms. The Balaban J connectivity index is 1.16. The molecule has 1 atom stereocenters. The fraction of sp³-hybridized carbons (Fsp3) is 0.269. The van der Waals surface area contributed by atoms with Crippen LogP contribution in [0.15, 0.2) is 71.0 Å². The van der Waals surface area contributed by atoms with Crippen LogP contribution in [0.3, 0.4) is 0 Å². The molecular weight excluding hydrogens is 464 g/mol. The maximum absolute atomic E-state index is 6.95. The molecule has 3 heterocycles. The lowest BCUT2D eigenvalue weighted by atomic mass is 9.73. The van der Waals surface area contributed by atoms with Crippen LogP contribution in [-0.2, 0) is 6.42 Å². The van der Waals surface area contributed by atoms with Crippen LogP contribution in [0.5, 0.6) is 0 Å². The molecule has 172 valence electrons. The Bertz CT molecular complexity index is 1370. The number of nitrogen functional groups attached to an aromatic ring is 1. The molecule has 2 aliphatic rings. The average Bonchev–Trinajstić information content (AvgIpc) is 3.14. The molecule has 1 saturated heterocycles. The third-order valence-electron chi connectivity index (χ3n) is 7.37. The van der Waals surface area contributed by atoms with E-state index in [4.69, 9.17) is 23.1 Å². The van der Waals surface area contributed by atoms with E-state index in [9.17, 15) is 0 Å². The summed E-state index contributed by atoms with van der Waals surface area (Å²) in [6.07, 6.45) is 8.42. The van der Waals surface area contributed by atoms with Gasteiger partial charge >= 0.3 is 0 Å². The second kappa shape index (κ2) is 8.41. The summed E-state index contributed by atoms with van der Waals surface area (Å²) in [6.45, 7) is 1.85. The quantitative estimate of drug-likeness (QED) is 0.406. The van der Waals surface area contributed by atoms with Crippen LogP contribution in [0.1, 0.15) is 30.0 Å². The largest absolute Gasteiger partial charge is 0.382 e. The Morgan fingerprint density at radius 3 is 2.62 bits per heavy atom. The van der Waals surface area contributed by atoms with E-state index in [1.165, 1.54) is 33.7 Å². The van der Waals surface area contributed by atoms with Crippen LogP contribution in [-0.4, -0.2) is 28.0 Å². The number of halogens is 1. The van der Waals surface area contributed by atoms with Crippen molar-refractivity contribution < 1.29 is 0 Å². The van der Waals surface area contributed by atoms with Gasteiger partial charge in [-0.1, -0.05) is 59.8 Å². The molecule has 0 amide bonds. The minimum atomic E-state index is 0.0677. The Kier molecular flexibility index (Phi) is 5.36. The van der Waals surface area contributed by atoms with Gasteiger partial charge in [0.1, 0.15) is 16.7 Å². The van der Waals surface area contributed by atoms with Gasteiger partial charge < -0.3 is 16.4 Å². The Morgan fingerprint density at radius 1 is 1.00 bits per heavy atom. The SMILES string of the molecule is Nc1nccc(Sc2cnc(N3CCC4(CC3)Cc3ccc5ccccc5c3[C@H]4N)cn2)c1Cl. The van der Waals surface area contributed by atoms with Gasteiger partial charge in [0.15, 0.2) is 0 Å². The second-order valence-corrected chi connectivity index (χ2v) is 10.6. The monoisotopic (exact) mass is 488 g/mol. The van der Waals surface area contributed by atoms with Crippen molar-refractivity contribution in [2.24, 2.45) is 11.1 Å². The lowest BCUT2D eigenvalue weighted by molar-refractivity contribution is 0.187. The van der Waals surface area contributed by atoms with Gasteiger partial charge in [0.05, 0.1) is 17.4 Å². The highest BCUT2D eigenvalue weighted by Crippen LogP contribution is 2.52. The molecule has 4 N–H and O–H groups in total. The van der Waals surface area contributed by atoms with E-state index < -0.39 is 0 Å². The highest BCUT2D eigenvalue weighted by Gasteiger charge is 2.46. The van der Waals surface area contributed by atoms with Gasteiger partial charge in [-0.25, -0.2) is 15.0 Å². The van der Waals surface area contributed by atoms with Crippen LogP contribution in [0.2, 0.25) is 5.02 Å².